The van der Waals surface area contributed by atoms with E-state index in [0.717, 1.165) is 12.8 Å². The van der Waals surface area contributed by atoms with Crippen LogP contribution in [0, 0.1) is 0 Å². The maximum Gasteiger partial charge on any atom is 0.252 e. The van der Waals surface area contributed by atoms with Gasteiger partial charge in [-0.25, -0.2) is 13.4 Å². The van der Waals surface area contributed by atoms with Gasteiger partial charge in [0.05, 0.1) is 10.5 Å². The summed E-state index contributed by atoms with van der Waals surface area (Å²) in [5.74, 6) is -0.239. The van der Waals surface area contributed by atoms with Crippen molar-refractivity contribution in [3.63, 3.8) is 0 Å². The summed E-state index contributed by atoms with van der Waals surface area (Å²) >= 11 is 5.99. The lowest BCUT2D eigenvalue weighted by molar-refractivity contribution is 0.0995. The summed E-state index contributed by atoms with van der Waals surface area (Å²) < 4.78 is 38.1. The molecule has 2 N–H and O–H groups in total. The van der Waals surface area contributed by atoms with Gasteiger partial charge in [0.2, 0.25) is 15.9 Å². The Hall–Kier alpha value is -2.88. The number of nitrogens with two attached hydrogens (primary N) is 1. The van der Waals surface area contributed by atoms with Crippen LogP contribution in [0.15, 0.2) is 58.0 Å². The lowest BCUT2D eigenvalue weighted by Crippen LogP contribution is -2.28. The standard InChI is InChI=1S/C21H20ClN3O5S/c22-15-5-3-4-14(10-15)21-24-16(13-30-21)12-29-19-7-6-17(11-18(19)20(23)26)31(27,28)25-8-1-2-9-25/h3-7,10-11,13H,1-2,8-9,12H2,(H2,23,26). The van der Waals surface area contributed by atoms with Crippen molar-refractivity contribution in [1.29, 1.82) is 0 Å². The largest absolute Gasteiger partial charge is 0.486 e. The SMILES string of the molecule is NC(=O)c1cc(S(=O)(=O)N2CCCC2)ccc1OCc1coc(-c2cccc(Cl)c2)n1. The molecule has 1 aliphatic heterocycles. The number of hydrogen-bond acceptors (Lipinski definition) is 6. The Balaban J connectivity index is 1.53. The molecule has 1 fully saturated rings. The van der Waals surface area contributed by atoms with E-state index >= 15 is 0 Å². The van der Waals surface area contributed by atoms with Crippen molar-refractivity contribution in [2.45, 2.75) is 24.3 Å². The summed E-state index contributed by atoms with van der Waals surface area (Å²) in [7, 11) is -3.68. The van der Waals surface area contributed by atoms with Crippen LogP contribution in [0.3, 0.4) is 0 Å². The molecule has 10 heteroatoms. The number of aromatic nitrogens is 1. The Bertz CT molecular complexity index is 1220. The van der Waals surface area contributed by atoms with Crippen LogP contribution < -0.4 is 10.5 Å². The lowest BCUT2D eigenvalue weighted by atomic mass is 10.2. The van der Waals surface area contributed by atoms with Crippen molar-refractivity contribution in [2.24, 2.45) is 5.73 Å². The Morgan fingerprint density at radius 1 is 1.19 bits per heavy atom. The molecule has 162 valence electrons. The van der Waals surface area contributed by atoms with E-state index in [-0.39, 0.29) is 22.8 Å². The summed E-state index contributed by atoms with van der Waals surface area (Å²) in [4.78, 5) is 16.3. The minimum Gasteiger partial charge on any atom is -0.486 e. The predicted molar refractivity (Wildman–Crippen MR) is 114 cm³/mol. The van der Waals surface area contributed by atoms with Gasteiger partial charge in [0.15, 0.2) is 0 Å². The molecule has 0 saturated carbocycles. The highest BCUT2D eigenvalue weighted by Crippen LogP contribution is 2.28. The van der Waals surface area contributed by atoms with Gasteiger partial charge in [-0.3, -0.25) is 4.79 Å². The fraction of sp³-hybridized carbons (Fsp3) is 0.238. The molecule has 1 saturated heterocycles. The highest BCUT2D eigenvalue weighted by molar-refractivity contribution is 7.89. The molecule has 8 nitrogen and oxygen atoms in total. The molecular formula is C21H20ClN3O5S. The first-order valence-corrected chi connectivity index (χ1v) is 11.4. The molecule has 0 radical (unpaired) electrons. The molecule has 1 aliphatic rings. The first-order chi connectivity index (χ1) is 14.8. The van der Waals surface area contributed by atoms with E-state index in [1.807, 2.05) is 6.07 Å². The summed E-state index contributed by atoms with van der Waals surface area (Å²) in [6, 6.07) is 11.2. The van der Waals surface area contributed by atoms with Gasteiger partial charge in [-0.1, -0.05) is 17.7 Å². The minimum atomic E-state index is -3.68. The molecule has 0 spiro atoms. The number of halogens is 1. The highest BCUT2D eigenvalue weighted by Gasteiger charge is 2.28. The van der Waals surface area contributed by atoms with Gasteiger partial charge in [-0.05, 0) is 49.2 Å². The summed E-state index contributed by atoms with van der Waals surface area (Å²) in [5.41, 5.74) is 6.66. The molecule has 1 aromatic heterocycles. The molecule has 1 amide bonds. The number of primary amides is 1. The number of amides is 1. The summed E-state index contributed by atoms with van der Waals surface area (Å²) in [6.45, 7) is 0.934. The maximum absolute atomic E-state index is 12.8. The van der Waals surface area contributed by atoms with E-state index in [2.05, 4.69) is 4.98 Å². The quantitative estimate of drug-likeness (QED) is 0.576. The van der Waals surface area contributed by atoms with Crippen molar-refractivity contribution in [3.8, 4) is 17.2 Å². The van der Waals surface area contributed by atoms with E-state index in [1.165, 1.54) is 28.8 Å². The van der Waals surface area contributed by atoms with Crippen molar-refractivity contribution >= 4 is 27.5 Å². The molecule has 2 heterocycles. The van der Waals surface area contributed by atoms with E-state index in [4.69, 9.17) is 26.5 Å². The molecule has 0 unspecified atom stereocenters. The molecule has 2 aromatic carbocycles. The lowest BCUT2D eigenvalue weighted by Gasteiger charge is -2.17. The van der Waals surface area contributed by atoms with Gasteiger partial charge in [0, 0.05) is 23.7 Å². The van der Waals surface area contributed by atoms with Gasteiger partial charge in [0.1, 0.15) is 24.3 Å². The van der Waals surface area contributed by atoms with Crippen LogP contribution >= 0.6 is 11.6 Å². The van der Waals surface area contributed by atoms with Crippen LogP contribution in [0.25, 0.3) is 11.5 Å². The molecule has 0 atom stereocenters. The van der Waals surface area contributed by atoms with Gasteiger partial charge < -0.3 is 14.9 Å². The number of oxazole rings is 1. The van der Waals surface area contributed by atoms with Crippen LogP contribution in [0.2, 0.25) is 5.02 Å². The van der Waals surface area contributed by atoms with E-state index < -0.39 is 15.9 Å². The van der Waals surface area contributed by atoms with Crippen molar-refractivity contribution in [3.05, 3.63) is 65.0 Å². The van der Waals surface area contributed by atoms with Crippen molar-refractivity contribution in [2.75, 3.05) is 13.1 Å². The van der Waals surface area contributed by atoms with E-state index in [9.17, 15) is 13.2 Å². The maximum atomic E-state index is 12.8. The number of carbonyl (C=O) groups excluding carboxylic acids is 1. The first-order valence-electron chi connectivity index (χ1n) is 9.62. The minimum absolute atomic E-state index is 0.00255. The van der Waals surface area contributed by atoms with Crippen molar-refractivity contribution < 1.29 is 22.4 Å². The topological polar surface area (TPSA) is 116 Å². The third-order valence-corrected chi connectivity index (χ3v) is 7.05. The Morgan fingerprint density at radius 2 is 1.97 bits per heavy atom. The van der Waals surface area contributed by atoms with Crippen LogP contribution in [-0.4, -0.2) is 36.7 Å². The fourth-order valence-corrected chi connectivity index (χ4v) is 5.08. The second-order valence-corrected chi connectivity index (χ2v) is 9.45. The number of benzene rings is 2. The zero-order chi connectivity index (χ0) is 22.0. The number of rotatable bonds is 7. The average molecular weight is 462 g/mol. The molecular weight excluding hydrogens is 442 g/mol. The predicted octanol–water partition coefficient (Wildman–Crippen LogP) is 3.46. The van der Waals surface area contributed by atoms with Crippen molar-refractivity contribution in [1.82, 2.24) is 9.29 Å². The Kier molecular flexibility index (Phi) is 5.99. The second-order valence-electron chi connectivity index (χ2n) is 7.08. The number of hydrogen-bond donors (Lipinski definition) is 1. The smallest absolute Gasteiger partial charge is 0.252 e. The summed E-state index contributed by atoms with van der Waals surface area (Å²) in [6.07, 6.45) is 3.07. The van der Waals surface area contributed by atoms with Crippen LogP contribution in [-0.2, 0) is 16.6 Å². The van der Waals surface area contributed by atoms with Gasteiger partial charge in [-0.2, -0.15) is 4.31 Å². The fourth-order valence-electron chi connectivity index (χ4n) is 3.34. The number of carbonyl (C=O) groups is 1. The van der Waals surface area contributed by atoms with Crippen LogP contribution in [0.5, 0.6) is 5.75 Å². The normalized spacial score (nSPS) is 14.6. The van der Waals surface area contributed by atoms with Gasteiger partial charge >= 0.3 is 0 Å². The van der Waals surface area contributed by atoms with E-state index in [0.29, 0.717) is 35.3 Å². The molecule has 3 aromatic rings. The summed E-state index contributed by atoms with van der Waals surface area (Å²) in [5, 5.41) is 0.559. The van der Waals surface area contributed by atoms with Crippen LogP contribution in [0.4, 0.5) is 0 Å². The average Bonchev–Trinajstić information content (AvgIpc) is 3.44. The number of ether oxygens (including phenoxy) is 1. The molecule has 4 rings (SSSR count). The third kappa shape index (κ3) is 4.58. The number of sulfonamides is 1. The van der Waals surface area contributed by atoms with E-state index in [1.54, 1.807) is 18.2 Å². The third-order valence-electron chi connectivity index (χ3n) is 4.92. The Morgan fingerprint density at radius 3 is 2.68 bits per heavy atom. The zero-order valence-corrected chi connectivity index (χ0v) is 18.0. The molecule has 0 bridgehead atoms. The zero-order valence-electron chi connectivity index (χ0n) is 16.5. The second kappa shape index (κ2) is 8.70. The number of nitrogens with zero attached hydrogens (tertiary/aromatic N) is 2. The molecule has 0 aliphatic carbocycles. The highest BCUT2D eigenvalue weighted by atomic mass is 35.5. The van der Waals surface area contributed by atoms with Crippen LogP contribution in [0.1, 0.15) is 28.9 Å². The van der Waals surface area contributed by atoms with Gasteiger partial charge in [0.25, 0.3) is 5.91 Å². The Labute approximate surface area is 184 Å². The van der Waals surface area contributed by atoms with Gasteiger partial charge in [-0.15, -0.1) is 0 Å². The monoisotopic (exact) mass is 461 g/mol. The first kappa shape index (κ1) is 21.4. The molecule has 31 heavy (non-hydrogen) atoms.